The van der Waals surface area contributed by atoms with Crippen LogP contribution in [0.15, 0.2) is 77.3 Å². The molecule has 4 rings (SSSR count). The van der Waals surface area contributed by atoms with E-state index in [4.69, 9.17) is 9.47 Å². The third-order valence-corrected chi connectivity index (χ3v) is 5.77. The first-order valence-electron chi connectivity index (χ1n) is 11.6. The molecule has 0 aliphatic carbocycles. The molecule has 190 valence electrons. The zero-order valence-corrected chi connectivity index (χ0v) is 21.8. The molecule has 0 aliphatic heterocycles. The summed E-state index contributed by atoms with van der Waals surface area (Å²) < 4.78 is 13.0. The van der Waals surface area contributed by atoms with Crippen molar-refractivity contribution in [2.24, 2.45) is 0 Å². The van der Waals surface area contributed by atoms with Gasteiger partial charge in [0.1, 0.15) is 17.2 Å². The van der Waals surface area contributed by atoms with E-state index in [1.54, 1.807) is 66.7 Å². The van der Waals surface area contributed by atoms with Gasteiger partial charge >= 0.3 is 11.8 Å². The quantitative estimate of drug-likeness (QED) is 0.256. The molecule has 3 amide bonds. The van der Waals surface area contributed by atoms with Crippen LogP contribution >= 0.6 is 15.9 Å². The number of anilines is 2. The number of carbonyl (C=O) groups is 3. The Morgan fingerprint density at radius 2 is 1.57 bits per heavy atom. The lowest BCUT2D eigenvalue weighted by atomic mass is 10.2. The zero-order valence-electron chi connectivity index (χ0n) is 20.2. The molecule has 10 heteroatoms. The van der Waals surface area contributed by atoms with E-state index in [-0.39, 0.29) is 5.69 Å². The summed E-state index contributed by atoms with van der Waals surface area (Å²) in [7, 11) is 0. The molecule has 0 saturated heterocycles. The number of halogens is 1. The van der Waals surface area contributed by atoms with E-state index in [0.717, 1.165) is 4.47 Å². The van der Waals surface area contributed by atoms with Crippen LogP contribution < -0.4 is 25.5 Å². The summed E-state index contributed by atoms with van der Waals surface area (Å²) in [6, 6.07) is 20.7. The van der Waals surface area contributed by atoms with E-state index in [0.29, 0.717) is 47.0 Å². The van der Waals surface area contributed by atoms with Crippen LogP contribution in [-0.2, 0) is 9.59 Å². The summed E-state index contributed by atoms with van der Waals surface area (Å²) in [5.41, 5.74) is 4.13. The lowest BCUT2D eigenvalue weighted by Gasteiger charge is -2.14. The number of para-hydroxylation sites is 2. The number of ether oxygens (including phenoxy) is 2. The van der Waals surface area contributed by atoms with Gasteiger partial charge in [0.2, 0.25) is 0 Å². The first-order valence-corrected chi connectivity index (χ1v) is 12.4. The van der Waals surface area contributed by atoms with Crippen LogP contribution in [0, 0.1) is 0 Å². The van der Waals surface area contributed by atoms with Crippen molar-refractivity contribution in [3.63, 3.8) is 0 Å². The van der Waals surface area contributed by atoms with Gasteiger partial charge in [-0.1, -0.05) is 28.1 Å². The molecule has 1 aromatic heterocycles. The number of carbonyl (C=O) groups excluding carboxylic acids is 3. The molecule has 3 aromatic carbocycles. The van der Waals surface area contributed by atoms with Crippen molar-refractivity contribution >= 4 is 55.9 Å². The van der Waals surface area contributed by atoms with Crippen LogP contribution in [0.3, 0.4) is 0 Å². The average molecular weight is 565 g/mol. The van der Waals surface area contributed by atoms with Crippen LogP contribution in [-0.4, -0.2) is 35.6 Å². The smallest absolute Gasteiger partial charge is 0.328 e. The van der Waals surface area contributed by atoms with Gasteiger partial charge in [-0.3, -0.25) is 19.8 Å². The molecule has 0 bridgehead atoms. The second-order valence-corrected chi connectivity index (χ2v) is 8.72. The van der Waals surface area contributed by atoms with E-state index in [2.05, 4.69) is 32.0 Å². The lowest BCUT2D eigenvalue weighted by Crippen LogP contribution is -2.36. The molecular weight excluding hydrogens is 540 g/mol. The first kappa shape index (κ1) is 25.8. The van der Waals surface area contributed by atoms with Crippen molar-refractivity contribution in [3.8, 4) is 11.5 Å². The van der Waals surface area contributed by atoms with Crippen LogP contribution in [0.2, 0.25) is 0 Å². The zero-order chi connectivity index (χ0) is 26.4. The number of nitrogens with one attached hydrogen (secondary N) is 3. The summed E-state index contributed by atoms with van der Waals surface area (Å²) in [5.74, 6) is -1.22. The molecule has 3 N–H and O–H groups in total. The molecule has 0 fully saturated rings. The SMILES string of the molecule is CCOc1ccc(NC(=O)c2cc3cc(Br)ccc3n2NC(=O)C(=O)Nc2ccccc2OCC)cc1. The van der Waals surface area contributed by atoms with Gasteiger partial charge in [0, 0.05) is 15.5 Å². The number of fused-ring (bicyclic) bond motifs is 1. The highest BCUT2D eigenvalue weighted by Gasteiger charge is 2.22. The Labute approximate surface area is 221 Å². The summed E-state index contributed by atoms with van der Waals surface area (Å²) in [4.78, 5) is 38.8. The van der Waals surface area contributed by atoms with Gasteiger partial charge in [0.25, 0.3) is 5.91 Å². The van der Waals surface area contributed by atoms with Gasteiger partial charge in [-0.2, -0.15) is 0 Å². The monoisotopic (exact) mass is 564 g/mol. The van der Waals surface area contributed by atoms with Crippen molar-refractivity contribution in [3.05, 3.63) is 83.0 Å². The number of amides is 3. The topological polar surface area (TPSA) is 111 Å². The normalized spacial score (nSPS) is 10.6. The third-order valence-electron chi connectivity index (χ3n) is 5.27. The molecule has 0 unspecified atom stereocenters. The highest BCUT2D eigenvalue weighted by atomic mass is 79.9. The standard InChI is InChI=1S/C27H25BrN4O5/c1-3-36-20-12-10-19(11-13-20)29-25(33)23-16-17-15-18(28)9-14-22(17)32(23)31-27(35)26(34)30-21-7-5-6-8-24(21)37-4-2/h5-16H,3-4H2,1-2H3,(H,29,33)(H,30,34)(H,31,35). The maximum absolute atomic E-state index is 13.2. The summed E-state index contributed by atoms with van der Waals surface area (Å²) in [6.07, 6.45) is 0. The van der Waals surface area contributed by atoms with E-state index < -0.39 is 17.7 Å². The van der Waals surface area contributed by atoms with E-state index in [1.807, 2.05) is 19.9 Å². The highest BCUT2D eigenvalue weighted by Crippen LogP contribution is 2.25. The molecule has 0 aliphatic rings. The minimum atomic E-state index is -0.957. The molecule has 0 saturated carbocycles. The predicted octanol–water partition coefficient (Wildman–Crippen LogP) is 5.16. The summed E-state index contributed by atoms with van der Waals surface area (Å²) >= 11 is 3.42. The fourth-order valence-electron chi connectivity index (χ4n) is 3.65. The van der Waals surface area contributed by atoms with Gasteiger partial charge in [0.05, 0.1) is 24.4 Å². The second-order valence-electron chi connectivity index (χ2n) is 7.80. The molecule has 1 heterocycles. The maximum atomic E-state index is 13.2. The second kappa shape index (κ2) is 11.6. The lowest BCUT2D eigenvalue weighted by molar-refractivity contribution is -0.133. The van der Waals surface area contributed by atoms with Crippen LogP contribution in [0.1, 0.15) is 24.3 Å². The fourth-order valence-corrected chi connectivity index (χ4v) is 4.03. The number of hydrogen-bond donors (Lipinski definition) is 3. The predicted molar refractivity (Wildman–Crippen MR) is 146 cm³/mol. The highest BCUT2D eigenvalue weighted by molar-refractivity contribution is 9.10. The van der Waals surface area contributed by atoms with Crippen molar-refractivity contribution in [2.45, 2.75) is 13.8 Å². The molecule has 37 heavy (non-hydrogen) atoms. The Hall–Kier alpha value is -4.31. The van der Waals surface area contributed by atoms with E-state index in [9.17, 15) is 14.4 Å². The molecular formula is C27H25BrN4O5. The van der Waals surface area contributed by atoms with Crippen molar-refractivity contribution in [1.82, 2.24) is 4.68 Å². The Morgan fingerprint density at radius 1 is 0.838 bits per heavy atom. The van der Waals surface area contributed by atoms with Gasteiger partial charge in [-0.25, -0.2) is 4.68 Å². The van der Waals surface area contributed by atoms with Crippen LogP contribution in [0.5, 0.6) is 11.5 Å². The number of rotatable bonds is 8. The summed E-state index contributed by atoms with van der Waals surface area (Å²) in [5, 5.41) is 6.06. The number of benzene rings is 3. The number of aromatic nitrogens is 1. The van der Waals surface area contributed by atoms with Crippen LogP contribution in [0.4, 0.5) is 11.4 Å². The first-order chi connectivity index (χ1) is 17.9. The van der Waals surface area contributed by atoms with Gasteiger partial charge in [0.15, 0.2) is 0 Å². The van der Waals surface area contributed by atoms with Gasteiger partial charge in [-0.15, -0.1) is 0 Å². The molecule has 9 nitrogen and oxygen atoms in total. The van der Waals surface area contributed by atoms with Crippen molar-refractivity contribution in [2.75, 3.05) is 29.3 Å². The van der Waals surface area contributed by atoms with Gasteiger partial charge in [-0.05, 0) is 74.5 Å². The van der Waals surface area contributed by atoms with Gasteiger partial charge < -0.3 is 20.1 Å². The van der Waals surface area contributed by atoms with E-state index >= 15 is 0 Å². The largest absolute Gasteiger partial charge is 0.494 e. The Balaban J connectivity index is 1.58. The third kappa shape index (κ3) is 6.10. The minimum Gasteiger partial charge on any atom is -0.494 e. The van der Waals surface area contributed by atoms with Crippen molar-refractivity contribution in [1.29, 1.82) is 0 Å². The average Bonchev–Trinajstić information content (AvgIpc) is 3.24. The maximum Gasteiger partial charge on any atom is 0.328 e. The minimum absolute atomic E-state index is 0.137. The van der Waals surface area contributed by atoms with Crippen LogP contribution in [0.25, 0.3) is 10.9 Å². The Morgan fingerprint density at radius 3 is 2.30 bits per heavy atom. The Kier molecular flexibility index (Phi) is 8.09. The number of nitrogens with zero attached hydrogens (tertiary/aromatic N) is 1. The Bertz CT molecular complexity index is 1450. The van der Waals surface area contributed by atoms with E-state index in [1.165, 1.54) is 4.68 Å². The summed E-state index contributed by atoms with van der Waals surface area (Å²) in [6.45, 7) is 4.64. The number of hydrogen-bond acceptors (Lipinski definition) is 5. The fraction of sp³-hybridized carbons (Fsp3) is 0.148. The molecule has 0 radical (unpaired) electrons. The molecule has 4 aromatic rings. The molecule has 0 atom stereocenters. The molecule has 0 spiro atoms. The van der Waals surface area contributed by atoms with Crippen molar-refractivity contribution < 1.29 is 23.9 Å².